The van der Waals surface area contributed by atoms with Crippen LogP contribution < -0.4 is 5.32 Å². The number of halogens is 1. The standard InChI is InChI=1S/C13H16ClN3O/c1-9-13(15-7-10(14)8-18-2)17-12-6-4-3-5-11(12)16-9/h3-6,10H,7-8H2,1-2H3,(H,15,17). The van der Waals surface area contributed by atoms with Crippen LogP contribution in [-0.2, 0) is 4.74 Å². The van der Waals surface area contributed by atoms with Gasteiger partial charge in [0.2, 0.25) is 0 Å². The quantitative estimate of drug-likeness (QED) is 0.845. The second-order valence-electron chi connectivity index (χ2n) is 4.08. The summed E-state index contributed by atoms with van der Waals surface area (Å²) in [4.78, 5) is 9.03. The Balaban J connectivity index is 2.15. The minimum atomic E-state index is -0.0809. The van der Waals surface area contributed by atoms with Gasteiger partial charge in [-0.3, -0.25) is 0 Å². The van der Waals surface area contributed by atoms with Crippen LogP contribution in [0.3, 0.4) is 0 Å². The fraction of sp³-hybridized carbons (Fsp3) is 0.385. The van der Waals surface area contributed by atoms with Gasteiger partial charge >= 0.3 is 0 Å². The lowest BCUT2D eigenvalue weighted by atomic mass is 10.3. The predicted molar refractivity (Wildman–Crippen MR) is 74.3 cm³/mol. The van der Waals surface area contributed by atoms with Gasteiger partial charge in [0.25, 0.3) is 0 Å². The lowest BCUT2D eigenvalue weighted by Gasteiger charge is -2.12. The number of aryl methyl sites for hydroxylation is 1. The average Bonchev–Trinajstić information content (AvgIpc) is 2.36. The van der Waals surface area contributed by atoms with Crippen molar-refractivity contribution in [3.8, 4) is 0 Å². The van der Waals surface area contributed by atoms with Gasteiger partial charge in [-0.05, 0) is 19.1 Å². The molecule has 4 nitrogen and oxygen atoms in total. The number of alkyl halides is 1. The topological polar surface area (TPSA) is 47.0 Å². The summed E-state index contributed by atoms with van der Waals surface area (Å²) in [5.41, 5.74) is 2.65. The molecule has 1 unspecified atom stereocenters. The highest BCUT2D eigenvalue weighted by molar-refractivity contribution is 6.21. The summed E-state index contributed by atoms with van der Waals surface area (Å²) in [6.07, 6.45) is 0. The number of ether oxygens (including phenoxy) is 1. The van der Waals surface area contributed by atoms with Crippen molar-refractivity contribution in [1.82, 2.24) is 9.97 Å². The smallest absolute Gasteiger partial charge is 0.148 e. The van der Waals surface area contributed by atoms with E-state index in [1.54, 1.807) is 7.11 Å². The third-order valence-corrected chi connectivity index (χ3v) is 2.86. The zero-order chi connectivity index (χ0) is 13.0. The Kier molecular flexibility index (Phi) is 4.33. The Morgan fingerprint density at radius 1 is 1.28 bits per heavy atom. The second-order valence-corrected chi connectivity index (χ2v) is 4.70. The molecule has 18 heavy (non-hydrogen) atoms. The first-order valence-electron chi connectivity index (χ1n) is 5.81. The van der Waals surface area contributed by atoms with Crippen LogP contribution in [0.4, 0.5) is 5.82 Å². The second kappa shape index (κ2) is 5.98. The van der Waals surface area contributed by atoms with E-state index in [1.807, 2.05) is 31.2 Å². The normalized spacial score (nSPS) is 12.6. The number of nitrogens with zero attached hydrogens (tertiary/aromatic N) is 2. The SMILES string of the molecule is COCC(Cl)CNc1nc2ccccc2nc1C. The summed E-state index contributed by atoms with van der Waals surface area (Å²) in [7, 11) is 1.64. The van der Waals surface area contributed by atoms with E-state index < -0.39 is 0 Å². The van der Waals surface area contributed by atoms with Crippen LogP contribution in [0.1, 0.15) is 5.69 Å². The minimum absolute atomic E-state index is 0.0809. The summed E-state index contributed by atoms with van der Waals surface area (Å²) in [5.74, 6) is 0.774. The number of anilines is 1. The number of aromatic nitrogens is 2. The number of methoxy groups -OCH3 is 1. The molecule has 0 spiro atoms. The van der Waals surface area contributed by atoms with Gasteiger partial charge in [0.15, 0.2) is 0 Å². The number of hydrogen-bond acceptors (Lipinski definition) is 4. The molecular formula is C13H16ClN3O. The maximum atomic E-state index is 6.07. The first kappa shape index (κ1) is 13.1. The fourth-order valence-corrected chi connectivity index (χ4v) is 1.91. The molecule has 1 heterocycles. The Morgan fingerprint density at radius 2 is 1.94 bits per heavy atom. The molecule has 0 saturated carbocycles. The van der Waals surface area contributed by atoms with Crippen molar-refractivity contribution >= 4 is 28.5 Å². The highest BCUT2D eigenvalue weighted by Gasteiger charge is 2.07. The van der Waals surface area contributed by atoms with Crippen molar-refractivity contribution in [2.24, 2.45) is 0 Å². The van der Waals surface area contributed by atoms with E-state index in [1.165, 1.54) is 0 Å². The molecule has 2 aromatic rings. The molecule has 0 saturated heterocycles. The molecule has 5 heteroatoms. The van der Waals surface area contributed by atoms with Crippen LogP contribution in [0.25, 0.3) is 11.0 Å². The maximum Gasteiger partial charge on any atom is 0.148 e. The van der Waals surface area contributed by atoms with Gasteiger partial charge in [0.05, 0.1) is 28.7 Å². The van der Waals surface area contributed by atoms with Crippen molar-refractivity contribution < 1.29 is 4.74 Å². The summed E-state index contributed by atoms with van der Waals surface area (Å²) in [6.45, 7) is 3.04. The van der Waals surface area contributed by atoms with E-state index >= 15 is 0 Å². The molecule has 1 aromatic carbocycles. The van der Waals surface area contributed by atoms with Crippen LogP contribution >= 0.6 is 11.6 Å². The van der Waals surface area contributed by atoms with Gasteiger partial charge in [-0.15, -0.1) is 11.6 Å². The summed E-state index contributed by atoms with van der Waals surface area (Å²) in [6, 6.07) is 7.80. The van der Waals surface area contributed by atoms with Gasteiger partial charge in [0.1, 0.15) is 5.82 Å². The zero-order valence-electron chi connectivity index (χ0n) is 10.5. The molecule has 0 aliphatic heterocycles. The van der Waals surface area contributed by atoms with Crippen LogP contribution in [0.5, 0.6) is 0 Å². The molecule has 0 aliphatic carbocycles. The number of nitrogens with one attached hydrogen (secondary N) is 1. The van der Waals surface area contributed by atoms with Gasteiger partial charge in [-0.1, -0.05) is 12.1 Å². The molecule has 1 aromatic heterocycles. The minimum Gasteiger partial charge on any atom is -0.383 e. The van der Waals surface area contributed by atoms with Crippen molar-refractivity contribution in [3.05, 3.63) is 30.0 Å². The van der Waals surface area contributed by atoms with E-state index in [2.05, 4.69) is 15.3 Å². The fourth-order valence-electron chi connectivity index (χ4n) is 1.70. The number of fused-ring (bicyclic) bond motifs is 1. The van der Waals surface area contributed by atoms with E-state index in [0.29, 0.717) is 13.2 Å². The van der Waals surface area contributed by atoms with Crippen molar-refractivity contribution in [1.29, 1.82) is 0 Å². The summed E-state index contributed by atoms with van der Waals surface area (Å²) < 4.78 is 4.98. The molecular weight excluding hydrogens is 250 g/mol. The molecule has 0 fully saturated rings. The summed E-state index contributed by atoms with van der Waals surface area (Å²) >= 11 is 6.07. The Bertz CT molecular complexity index is 533. The third kappa shape index (κ3) is 3.09. The number of hydrogen-bond donors (Lipinski definition) is 1. The van der Waals surface area contributed by atoms with Gasteiger partial charge < -0.3 is 10.1 Å². The lowest BCUT2D eigenvalue weighted by molar-refractivity contribution is 0.200. The molecule has 1 atom stereocenters. The lowest BCUT2D eigenvalue weighted by Crippen LogP contribution is -2.20. The van der Waals surface area contributed by atoms with Crippen molar-refractivity contribution in [2.75, 3.05) is 25.6 Å². The van der Waals surface area contributed by atoms with Crippen LogP contribution in [0.15, 0.2) is 24.3 Å². The van der Waals surface area contributed by atoms with E-state index in [9.17, 15) is 0 Å². The number of benzene rings is 1. The van der Waals surface area contributed by atoms with E-state index in [-0.39, 0.29) is 5.38 Å². The molecule has 0 aliphatic rings. The monoisotopic (exact) mass is 265 g/mol. The Hall–Kier alpha value is -1.39. The van der Waals surface area contributed by atoms with Crippen LogP contribution in [-0.4, -0.2) is 35.6 Å². The van der Waals surface area contributed by atoms with E-state index in [4.69, 9.17) is 16.3 Å². The molecule has 96 valence electrons. The highest BCUT2D eigenvalue weighted by Crippen LogP contribution is 2.16. The highest BCUT2D eigenvalue weighted by atomic mass is 35.5. The maximum absolute atomic E-state index is 6.07. The van der Waals surface area contributed by atoms with Crippen LogP contribution in [0, 0.1) is 6.92 Å². The third-order valence-electron chi connectivity index (χ3n) is 2.58. The van der Waals surface area contributed by atoms with Gasteiger partial charge in [0, 0.05) is 13.7 Å². The molecule has 0 amide bonds. The van der Waals surface area contributed by atoms with Crippen molar-refractivity contribution in [2.45, 2.75) is 12.3 Å². The van der Waals surface area contributed by atoms with E-state index in [0.717, 1.165) is 22.5 Å². The largest absolute Gasteiger partial charge is 0.383 e. The Labute approximate surface area is 111 Å². The Morgan fingerprint density at radius 3 is 2.61 bits per heavy atom. The molecule has 0 radical (unpaired) electrons. The van der Waals surface area contributed by atoms with Gasteiger partial charge in [-0.25, -0.2) is 9.97 Å². The van der Waals surface area contributed by atoms with Gasteiger partial charge in [-0.2, -0.15) is 0 Å². The molecule has 2 rings (SSSR count). The first-order valence-corrected chi connectivity index (χ1v) is 6.24. The average molecular weight is 266 g/mol. The molecule has 1 N–H and O–H groups in total. The number of para-hydroxylation sites is 2. The summed E-state index contributed by atoms with van der Waals surface area (Å²) in [5, 5.41) is 3.12. The van der Waals surface area contributed by atoms with Crippen molar-refractivity contribution in [3.63, 3.8) is 0 Å². The zero-order valence-corrected chi connectivity index (χ0v) is 11.2. The predicted octanol–water partition coefficient (Wildman–Crippen LogP) is 2.60. The first-order chi connectivity index (χ1) is 8.70. The number of rotatable bonds is 5. The van der Waals surface area contributed by atoms with Crippen LogP contribution in [0.2, 0.25) is 0 Å². The molecule has 0 bridgehead atoms.